The molecule has 2 heterocycles. The number of halogens is 1. The van der Waals surface area contributed by atoms with Crippen LogP contribution in [0.25, 0.3) is 0 Å². The van der Waals surface area contributed by atoms with Crippen molar-refractivity contribution < 1.29 is 12.8 Å². The highest BCUT2D eigenvalue weighted by Crippen LogP contribution is 2.46. The highest BCUT2D eigenvalue weighted by molar-refractivity contribution is 7.91. The number of fused-ring (bicyclic) bond motifs is 3. The van der Waals surface area contributed by atoms with Crippen molar-refractivity contribution in [3.8, 4) is 0 Å². The molecule has 0 saturated carbocycles. The van der Waals surface area contributed by atoms with Crippen molar-refractivity contribution in [2.24, 2.45) is 5.92 Å². The van der Waals surface area contributed by atoms with Crippen molar-refractivity contribution in [1.82, 2.24) is 5.32 Å². The van der Waals surface area contributed by atoms with E-state index in [1.807, 2.05) is 12.1 Å². The molecule has 3 atom stereocenters. The monoisotopic (exact) mass is 374 g/mol. The van der Waals surface area contributed by atoms with Gasteiger partial charge in [-0.15, -0.1) is 0 Å². The van der Waals surface area contributed by atoms with E-state index in [0.29, 0.717) is 17.9 Å². The number of hydrogen-bond donors (Lipinski definition) is 1. The summed E-state index contributed by atoms with van der Waals surface area (Å²) in [7, 11) is -1.56. The second-order valence-electron chi connectivity index (χ2n) is 7.36. The molecule has 1 N–H and O–H groups in total. The standard InChI is InChI=1S/C20H23FN2O2S/c1-13-12-22-10-9-17-18-11-16(7-8-19(18)23(2)20(13)17)26(24,25)15-5-3-14(21)4-6-15/h3-8,11,13,17,20,22H,9-10,12H2,1-2H3/t13?,17-,20-/m0/s1. The lowest BCUT2D eigenvalue weighted by molar-refractivity contribution is 0.417. The largest absolute Gasteiger partial charge is 0.370 e. The first kappa shape index (κ1) is 17.5. The average molecular weight is 374 g/mol. The molecule has 0 radical (unpaired) electrons. The highest BCUT2D eigenvalue weighted by atomic mass is 32.2. The van der Waals surface area contributed by atoms with Gasteiger partial charge in [-0.3, -0.25) is 0 Å². The fourth-order valence-corrected chi connectivity index (χ4v) is 5.79. The van der Waals surface area contributed by atoms with E-state index in [1.54, 1.807) is 6.07 Å². The zero-order valence-corrected chi connectivity index (χ0v) is 15.8. The van der Waals surface area contributed by atoms with Crippen molar-refractivity contribution in [1.29, 1.82) is 0 Å². The van der Waals surface area contributed by atoms with Crippen LogP contribution >= 0.6 is 0 Å². The maximum atomic E-state index is 13.2. The van der Waals surface area contributed by atoms with Crippen LogP contribution in [0.3, 0.4) is 0 Å². The normalized spacial score (nSPS) is 25.5. The van der Waals surface area contributed by atoms with E-state index >= 15 is 0 Å². The van der Waals surface area contributed by atoms with Crippen LogP contribution in [0.5, 0.6) is 0 Å². The van der Waals surface area contributed by atoms with Crippen molar-refractivity contribution in [3.05, 3.63) is 53.8 Å². The summed E-state index contributed by atoms with van der Waals surface area (Å²) in [6, 6.07) is 10.8. The maximum Gasteiger partial charge on any atom is 0.206 e. The Balaban J connectivity index is 1.78. The minimum atomic E-state index is -3.66. The third-order valence-corrected chi connectivity index (χ3v) is 7.52. The number of anilines is 1. The van der Waals surface area contributed by atoms with Crippen LogP contribution in [0, 0.1) is 11.7 Å². The molecular weight excluding hydrogens is 351 g/mol. The van der Waals surface area contributed by atoms with Gasteiger partial charge < -0.3 is 10.2 Å². The van der Waals surface area contributed by atoms with Crippen molar-refractivity contribution in [2.75, 3.05) is 25.0 Å². The topological polar surface area (TPSA) is 49.4 Å². The smallest absolute Gasteiger partial charge is 0.206 e. The zero-order valence-electron chi connectivity index (χ0n) is 14.9. The summed E-state index contributed by atoms with van der Waals surface area (Å²) in [5.74, 6) is 0.364. The molecule has 0 bridgehead atoms. The summed E-state index contributed by atoms with van der Waals surface area (Å²) in [6.07, 6.45) is 0.992. The minimum absolute atomic E-state index is 0.123. The van der Waals surface area contributed by atoms with Gasteiger partial charge in [0.15, 0.2) is 0 Å². The number of sulfone groups is 1. The summed E-state index contributed by atoms with van der Waals surface area (Å²) < 4.78 is 39.1. The Kier molecular flexibility index (Phi) is 4.28. The third kappa shape index (κ3) is 2.72. The SMILES string of the molecule is CC1CNCC[C@H]2c3cc(S(=O)(=O)c4ccc(F)cc4)ccc3N(C)[C@@H]12. The van der Waals surface area contributed by atoms with E-state index in [1.165, 1.54) is 24.3 Å². The number of hydrogen-bond acceptors (Lipinski definition) is 4. The van der Waals surface area contributed by atoms with E-state index in [-0.39, 0.29) is 9.79 Å². The molecule has 1 saturated heterocycles. The van der Waals surface area contributed by atoms with E-state index in [2.05, 4.69) is 24.2 Å². The van der Waals surface area contributed by atoms with E-state index in [4.69, 9.17) is 0 Å². The van der Waals surface area contributed by atoms with E-state index < -0.39 is 15.7 Å². The van der Waals surface area contributed by atoms with Crippen LogP contribution < -0.4 is 10.2 Å². The van der Waals surface area contributed by atoms with Crippen molar-refractivity contribution in [2.45, 2.75) is 35.1 Å². The summed E-state index contributed by atoms with van der Waals surface area (Å²) in [6.45, 7) is 4.16. The van der Waals surface area contributed by atoms with Crippen LogP contribution in [-0.2, 0) is 9.84 Å². The van der Waals surface area contributed by atoms with Crippen LogP contribution in [0.15, 0.2) is 52.3 Å². The Labute approximate surface area is 153 Å². The van der Waals surface area contributed by atoms with Gasteiger partial charge >= 0.3 is 0 Å². The number of benzene rings is 2. The number of nitrogens with zero attached hydrogens (tertiary/aromatic N) is 1. The Morgan fingerprint density at radius 3 is 2.54 bits per heavy atom. The van der Waals surface area contributed by atoms with Gasteiger partial charge in [-0.1, -0.05) is 6.92 Å². The lowest BCUT2D eigenvalue weighted by Gasteiger charge is -2.30. The van der Waals surface area contributed by atoms with Crippen molar-refractivity contribution in [3.63, 3.8) is 0 Å². The lowest BCUT2D eigenvalue weighted by atomic mass is 9.86. The molecular formula is C20H23FN2O2S. The fraction of sp³-hybridized carbons (Fsp3) is 0.400. The van der Waals surface area contributed by atoms with Gasteiger partial charge in [0.05, 0.1) is 9.79 Å². The van der Waals surface area contributed by atoms with Gasteiger partial charge in [-0.05, 0) is 73.5 Å². The quantitative estimate of drug-likeness (QED) is 0.821. The number of nitrogens with one attached hydrogen (secondary N) is 1. The average Bonchev–Trinajstić information content (AvgIpc) is 2.76. The van der Waals surface area contributed by atoms with Crippen LogP contribution in [0.1, 0.15) is 24.8 Å². The molecule has 138 valence electrons. The Bertz CT molecular complexity index is 927. The zero-order chi connectivity index (χ0) is 18.5. The predicted octanol–water partition coefficient (Wildman–Crippen LogP) is 3.19. The van der Waals surface area contributed by atoms with E-state index in [9.17, 15) is 12.8 Å². The molecule has 1 unspecified atom stereocenters. The van der Waals surface area contributed by atoms with Crippen LogP contribution in [-0.4, -0.2) is 34.6 Å². The van der Waals surface area contributed by atoms with E-state index in [0.717, 1.165) is 30.8 Å². The predicted molar refractivity (Wildman–Crippen MR) is 99.9 cm³/mol. The molecule has 2 aromatic carbocycles. The summed E-state index contributed by atoms with van der Waals surface area (Å²) >= 11 is 0. The molecule has 6 heteroatoms. The second-order valence-corrected chi connectivity index (χ2v) is 9.31. The number of likely N-dealkylation sites (N-methyl/N-ethyl adjacent to an activating group) is 1. The molecule has 4 rings (SSSR count). The molecule has 0 amide bonds. The third-order valence-electron chi connectivity index (χ3n) is 5.75. The summed E-state index contributed by atoms with van der Waals surface area (Å²) in [5.41, 5.74) is 2.23. The fourth-order valence-electron chi connectivity index (χ4n) is 4.49. The van der Waals surface area contributed by atoms with Gasteiger partial charge in [0.25, 0.3) is 0 Å². The minimum Gasteiger partial charge on any atom is -0.370 e. The molecule has 2 aromatic rings. The molecule has 2 aliphatic heterocycles. The number of rotatable bonds is 2. The highest BCUT2D eigenvalue weighted by Gasteiger charge is 2.41. The molecule has 26 heavy (non-hydrogen) atoms. The maximum absolute atomic E-state index is 13.2. The van der Waals surface area contributed by atoms with Gasteiger partial charge in [0, 0.05) is 24.7 Å². The first-order valence-electron chi connectivity index (χ1n) is 8.98. The van der Waals surface area contributed by atoms with Crippen LogP contribution in [0.2, 0.25) is 0 Å². The first-order chi connectivity index (χ1) is 12.4. The molecule has 0 aromatic heterocycles. The van der Waals surface area contributed by atoms with Gasteiger partial charge in [0.1, 0.15) is 5.82 Å². The molecule has 0 spiro atoms. The Hall–Kier alpha value is -1.92. The van der Waals surface area contributed by atoms with Gasteiger partial charge in [0.2, 0.25) is 9.84 Å². The molecule has 2 aliphatic rings. The van der Waals surface area contributed by atoms with Gasteiger partial charge in [-0.2, -0.15) is 0 Å². The van der Waals surface area contributed by atoms with Gasteiger partial charge in [-0.25, -0.2) is 12.8 Å². The summed E-state index contributed by atoms with van der Waals surface area (Å²) in [5, 5.41) is 3.47. The Morgan fingerprint density at radius 2 is 1.81 bits per heavy atom. The Morgan fingerprint density at radius 1 is 1.12 bits per heavy atom. The lowest BCUT2D eigenvalue weighted by Crippen LogP contribution is -2.38. The molecule has 1 fully saturated rings. The molecule has 0 aliphatic carbocycles. The summed E-state index contributed by atoms with van der Waals surface area (Å²) in [4.78, 5) is 2.70. The van der Waals surface area contributed by atoms with Crippen molar-refractivity contribution >= 4 is 15.5 Å². The first-order valence-corrected chi connectivity index (χ1v) is 10.5. The molecule has 4 nitrogen and oxygen atoms in total. The van der Waals surface area contributed by atoms with Crippen LogP contribution in [0.4, 0.5) is 10.1 Å². The second kappa shape index (κ2) is 6.35.